The number of carbonyl (C=O) groups excluding carboxylic acids is 2. The van der Waals surface area contributed by atoms with Crippen LogP contribution < -0.4 is 10.6 Å². The van der Waals surface area contributed by atoms with Gasteiger partial charge in [-0.2, -0.15) is 0 Å². The molecule has 0 saturated carbocycles. The van der Waals surface area contributed by atoms with Crippen molar-refractivity contribution in [3.8, 4) is 0 Å². The average Bonchev–Trinajstić information content (AvgIpc) is 2.88. The number of alkyl carbamates (subject to hydrolysis) is 1. The van der Waals surface area contributed by atoms with Gasteiger partial charge in [0.05, 0.1) is 13.2 Å². The molecule has 1 fully saturated rings. The SMILES string of the molecule is CCC(C)C(NC(=O)OC(C)(C)C)C(=O)NCCC1(C)OCCO1. The van der Waals surface area contributed by atoms with Gasteiger partial charge in [-0.1, -0.05) is 20.3 Å². The van der Waals surface area contributed by atoms with Gasteiger partial charge < -0.3 is 24.8 Å². The van der Waals surface area contributed by atoms with Gasteiger partial charge in [0.1, 0.15) is 11.6 Å². The maximum absolute atomic E-state index is 12.5. The fourth-order valence-corrected chi connectivity index (χ4v) is 2.36. The van der Waals surface area contributed by atoms with Crippen molar-refractivity contribution < 1.29 is 23.8 Å². The molecule has 0 aromatic heterocycles. The number of ether oxygens (including phenoxy) is 3. The molecule has 2 unspecified atom stereocenters. The number of nitrogens with one attached hydrogen (secondary N) is 2. The molecule has 7 nitrogen and oxygen atoms in total. The zero-order chi connectivity index (χ0) is 18.4. The van der Waals surface area contributed by atoms with Crippen molar-refractivity contribution in [1.29, 1.82) is 0 Å². The summed E-state index contributed by atoms with van der Waals surface area (Å²) in [5, 5.41) is 5.53. The number of carbonyl (C=O) groups is 2. The zero-order valence-corrected chi connectivity index (χ0v) is 15.7. The molecule has 140 valence electrons. The molecular formula is C17H32N2O5. The molecule has 2 amide bonds. The summed E-state index contributed by atoms with van der Waals surface area (Å²) in [5.74, 6) is -0.874. The van der Waals surface area contributed by atoms with Crippen molar-refractivity contribution in [2.24, 2.45) is 5.92 Å². The second-order valence-corrected chi connectivity index (χ2v) is 7.38. The molecule has 1 aliphatic rings. The van der Waals surface area contributed by atoms with E-state index in [-0.39, 0.29) is 11.8 Å². The summed E-state index contributed by atoms with van der Waals surface area (Å²) in [4.78, 5) is 24.4. The van der Waals surface area contributed by atoms with Crippen LogP contribution in [-0.2, 0) is 19.0 Å². The summed E-state index contributed by atoms with van der Waals surface area (Å²) in [6.07, 6.45) is 0.730. The van der Waals surface area contributed by atoms with E-state index < -0.39 is 23.5 Å². The molecule has 2 atom stereocenters. The summed E-state index contributed by atoms with van der Waals surface area (Å²) >= 11 is 0. The number of rotatable bonds is 7. The third kappa shape index (κ3) is 7.05. The van der Waals surface area contributed by atoms with Crippen LogP contribution in [0, 0.1) is 5.92 Å². The first-order valence-corrected chi connectivity index (χ1v) is 8.61. The lowest BCUT2D eigenvalue weighted by atomic mass is 9.98. The zero-order valence-electron chi connectivity index (χ0n) is 15.7. The lowest BCUT2D eigenvalue weighted by Crippen LogP contribution is -2.52. The molecule has 1 heterocycles. The van der Waals surface area contributed by atoms with Gasteiger partial charge in [0.2, 0.25) is 5.91 Å². The highest BCUT2D eigenvalue weighted by Gasteiger charge is 2.32. The normalized spacial score (nSPS) is 19.4. The standard InChI is InChI=1S/C17H32N2O5/c1-7-12(2)13(19-15(21)24-16(3,4)5)14(20)18-9-8-17(6)22-10-11-23-17/h12-13H,7-11H2,1-6H3,(H,18,20)(H,19,21). The lowest BCUT2D eigenvalue weighted by Gasteiger charge is -2.27. The highest BCUT2D eigenvalue weighted by atomic mass is 16.7. The Balaban J connectivity index is 2.53. The first-order valence-electron chi connectivity index (χ1n) is 8.61. The Bertz CT molecular complexity index is 427. The maximum Gasteiger partial charge on any atom is 0.408 e. The Labute approximate surface area is 144 Å². The van der Waals surface area contributed by atoms with Crippen LogP contribution in [-0.4, -0.2) is 49.2 Å². The predicted molar refractivity (Wildman–Crippen MR) is 90.5 cm³/mol. The first kappa shape index (κ1) is 20.7. The van der Waals surface area contributed by atoms with Crippen LogP contribution in [0.3, 0.4) is 0 Å². The van der Waals surface area contributed by atoms with Gasteiger partial charge in [0.15, 0.2) is 5.79 Å². The molecule has 0 aromatic rings. The van der Waals surface area contributed by atoms with Crippen molar-refractivity contribution in [2.45, 2.75) is 71.8 Å². The minimum atomic E-state index is -0.641. The second kappa shape index (κ2) is 8.67. The van der Waals surface area contributed by atoms with Crippen molar-refractivity contribution >= 4 is 12.0 Å². The van der Waals surface area contributed by atoms with Crippen LogP contribution >= 0.6 is 0 Å². The molecule has 0 aromatic carbocycles. The van der Waals surface area contributed by atoms with E-state index in [1.54, 1.807) is 20.8 Å². The van der Waals surface area contributed by atoms with Crippen LogP contribution in [0.5, 0.6) is 0 Å². The topological polar surface area (TPSA) is 85.9 Å². The van der Waals surface area contributed by atoms with Gasteiger partial charge in [-0.25, -0.2) is 4.79 Å². The van der Waals surface area contributed by atoms with Crippen LogP contribution in [0.4, 0.5) is 4.79 Å². The number of amides is 2. The second-order valence-electron chi connectivity index (χ2n) is 7.38. The minimum Gasteiger partial charge on any atom is -0.444 e. The largest absolute Gasteiger partial charge is 0.444 e. The molecule has 2 N–H and O–H groups in total. The Morgan fingerprint density at radius 1 is 1.25 bits per heavy atom. The quantitative estimate of drug-likeness (QED) is 0.739. The van der Waals surface area contributed by atoms with E-state index in [9.17, 15) is 9.59 Å². The summed E-state index contributed by atoms with van der Waals surface area (Å²) in [7, 11) is 0. The summed E-state index contributed by atoms with van der Waals surface area (Å²) in [6, 6.07) is -0.636. The van der Waals surface area contributed by atoms with Crippen molar-refractivity contribution in [1.82, 2.24) is 10.6 Å². The molecular weight excluding hydrogens is 312 g/mol. The van der Waals surface area contributed by atoms with E-state index >= 15 is 0 Å². The molecule has 0 aliphatic carbocycles. The van der Waals surface area contributed by atoms with Gasteiger partial charge in [0, 0.05) is 13.0 Å². The van der Waals surface area contributed by atoms with E-state index in [1.807, 2.05) is 20.8 Å². The Morgan fingerprint density at radius 3 is 2.33 bits per heavy atom. The molecule has 0 bridgehead atoms. The van der Waals surface area contributed by atoms with Crippen LogP contribution in [0.1, 0.15) is 54.4 Å². The molecule has 0 spiro atoms. The van der Waals surface area contributed by atoms with Crippen LogP contribution in [0.15, 0.2) is 0 Å². The first-order chi connectivity index (χ1) is 11.1. The predicted octanol–water partition coefficient (Wildman–Crippen LogP) is 2.20. The fraction of sp³-hybridized carbons (Fsp3) is 0.882. The Kier molecular flexibility index (Phi) is 7.48. The molecule has 1 saturated heterocycles. The molecule has 0 radical (unpaired) electrons. The van der Waals surface area contributed by atoms with Crippen LogP contribution in [0.25, 0.3) is 0 Å². The van der Waals surface area contributed by atoms with E-state index in [2.05, 4.69) is 10.6 Å². The molecule has 24 heavy (non-hydrogen) atoms. The van der Waals surface area contributed by atoms with E-state index in [0.29, 0.717) is 26.2 Å². The molecule has 1 aliphatic heterocycles. The maximum atomic E-state index is 12.5. The third-order valence-corrected chi connectivity index (χ3v) is 3.94. The van der Waals surface area contributed by atoms with Gasteiger partial charge >= 0.3 is 6.09 Å². The fourth-order valence-electron chi connectivity index (χ4n) is 2.36. The van der Waals surface area contributed by atoms with Gasteiger partial charge in [-0.05, 0) is 33.6 Å². The van der Waals surface area contributed by atoms with Gasteiger partial charge in [0.25, 0.3) is 0 Å². The lowest BCUT2D eigenvalue weighted by molar-refractivity contribution is -0.146. The van der Waals surface area contributed by atoms with E-state index in [0.717, 1.165) is 6.42 Å². The smallest absolute Gasteiger partial charge is 0.408 e. The van der Waals surface area contributed by atoms with Crippen LogP contribution in [0.2, 0.25) is 0 Å². The van der Waals surface area contributed by atoms with Crippen molar-refractivity contribution in [2.75, 3.05) is 19.8 Å². The Morgan fingerprint density at radius 2 is 1.83 bits per heavy atom. The van der Waals surface area contributed by atoms with E-state index in [1.165, 1.54) is 0 Å². The summed E-state index contributed by atoms with van der Waals surface area (Å²) in [5.41, 5.74) is -0.605. The Hall–Kier alpha value is -1.34. The number of hydrogen-bond acceptors (Lipinski definition) is 5. The monoisotopic (exact) mass is 344 g/mol. The minimum absolute atomic E-state index is 0.00733. The molecule has 1 rings (SSSR count). The van der Waals surface area contributed by atoms with Crippen molar-refractivity contribution in [3.63, 3.8) is 0 Å². The van der Waals surface area contributed by atoms with Gasteiger partial charge in [-0.3, -0.25) is 4.79 Å². The number of hydrogen-bond donors (Lipinski definition) is 2. The van der Waals surface area contributed by atoms with Crippen molar-refractivity contribution in [3.05, 3.63) is 0 Å². The highest BCUT2D eigenvalue weighted by Crippen LogP contribution is 2.21. The highest BCUT2D eigenvalue weighted by molar-refractivity contribution is 5.85. The summed E-state index contributed by atoms with van der Waals surface area (Å²) < 4.78 is 16.3. The summed E-state index contributed by atoms with van der Waals surface area (Å²) in [6.45, 7) is 12.7. The third-order valence-electron chi connectivity index (χ3n) is 3.94. The van der Waals surface area contributed by atoms with Gasteiger partial charge in [-0.15, -0.1) is 0 Å². The van der Waals surface area contributed by atoms with E-state index in [4.69, 9.17) is 14.2 Å². The average molecular weight is 344 g/mol. The molecule has 7 heteroatoms.